The predicted octanol–water partition coefficient (Wildman–Crippen LogP) is 3.13. The Morgan fingerprint density at radius 3 is 1.88 bits per heavy atom. The number of aliphatic carboxylic acids is 1. The summed E-state index contributed by atoms with van der Waals surface area (Å²) in [5.41, 5.74) is 0.636. The van der Waals surface area contributed by atoms with Crippen molar-refractivity contribution in [2.75, 3.05) is 0 Å². The van der Waals surface area contributed by atoms with Gasteiger partial charge in [0.2, 0.25) is 0 Å². The second-order valence-electron chi connectivity index (χ2n) is 4.23. The molecule has 1 rings (SSSR count). The molecule has 3 nitrogen and oxygen atoms in total. The SMILES string of the molecule is CC.CC(O)c1ccc(C(C)(C)C(=O)O)cc1. The number of hydrogen-bond donors (Lipinski definition) is 2. The summed E-state index contributed by atoms with van der Waals surface area (Å²) in [6.45, 7) is 9.00. The third kappa shape index (κ3) is 3.86. The molecule has 3 heteroatoms. The van der Waals surface area contributed by atoms with Crippen LogP contribution in [-0.2, 0) is 10.2 Å². The number of carboxylic acids is 1. The van der Waals surface area contributed by atoms with Crippen LogP contribution in [0.4, 0.5) is 0 Å². The highest BCUT2D eigenvalue weighted by atomic mass is 16.4. The molecule has 0 radical (unpaired) electrons. The molecule has 0 aliphatic heterocycles. The number of hydrogen-bond acceptors (Lipinski definition) is 2. The van der Waals surface area contributed by atoms with Crippen molar-refractivity contribution in [2.24, 2.45) is 0 Å². The molecule has 96 valence electrons. The molecule has 2 N–H and O–H groups in total. The van der Waals surface area contributed by atoms with Crippen molar-refractivity contribution in [2.45, 2.75) is 46.1 Å². The highest BCUT2D eigenvalue weighted by Gasteiger charge is 2.29. The maximum Gasteiger partial charge on any atom is 0.313 e. The molecule has 0 aromatic heterocycles. The van der Waals surface area contributed by atoms with Gasteiger partial charge in [0, 0.05) is 0 Å². The number of aliphatic hydroxyl groups is 1. The number of benzene rings is 1. The highest BCUT2D eigenvalue weighted by Crippen LogP contribution is 2.24. The summed E-state index contributed by atoms with van der Waals surface area (Å²) < 4.78 is 0. The zero-order valence-electron chi connectivity index (χ0n) is 11.2. The van der Waals surface area contributed by atoms with Gasteiger partial charge in [0.1, 0.15) is 0 Å². The van der Waals surface area contributed by atoms with Crippen LogP contribution in [0.2, 0.25) is 0 Å². The lowest BCUT2D eigenvalue weighted by molar-refractivity contribution is -0.142. The highest BCUT2D eigenvalue weighted by molar-refractivity contribution is 5.80. The predicted molar refractivity (Wildman–Crippen MR) is 69.1 cm³/mol. The lowest BCUT2D eigenvalue weighted by atomic mass is 9.84. The molecule has 0 saturated carbocycles. The Hall–Kier alpha value is -1.35. The molecule has 0 saturated heterocycles. The molecule has 0 amide bonds. The van der Waals surface area contributed by atoms with Crippen LogP contribution in [0.3, 0.4) is 0 Å². The van der Waals surface area contributed by atoms with E-state index in [1.165, 1.54) is 0 Å². The van der Waals surface area contributed by atoms with Gasteiger partial charge in [-0.05, 0) is 31.9 Å². The van der Waals surface area contributed by atoms with Crippen LogP contribution in [0.15, 0.2) is 24.3 Å². The molecule has 1 aromatic carbocycles. The van der Waals surface area contributed by atoms with Gasteiger partial charge in [0.15, 0.2) is 0 Å². The summed E-state index contributed by atoms with van der Waals surface area (Å²) in [4.78, 5) is 11.0. The Morgan fingerprint density at radius 1 is 1.18 bits per heavy atom. The molecule has 0 heterocycles. The number of aliphatic hydroxyl groups excluding tert-OH is 1. The second kappa shape index (κ2) is 6.40. The minimum Gasteiger partial charge on any atom is -0.481 e. The van der Waals surface area contributed by atoms with E-state index in [1.807, 2.05) is 13.8 Å². The first-order valence-corrected chi connectivity index (χ1v) is 5.87. The van der Waals surface area contributed by atoms with Crippen LogP contribution in [0.25, 0.3) is 0 Å². The minimum atomic E-state index is -0.892. The molecule has 0 aliphatic rings. The lowest BCUT2D eigenvalue weighted by Gasteiger charge is -2.20. The third-order valence-electron chi connectivity index (χ3n) is 2.65. The van der Waals surface area contributed by atoms with Crippen LogP contribution < -0.4 is 0 Å². The quantitative estimate of drug-likeness (QED) is 0.850. The fourth-order valence-corrected chi connectivity index (χ4v) is 1.30. The van der Waals surface area contributed by atoms with Gasteiger partial charge in [-0.2, -0.15) is 0 Å². The first-order chi connectivity index (χ1) is 7.85. The Bertz CT molecular complexity index is 350. The maximum atomic E-state index is 11.0. The van der Waals surface area contributed by atoms with Gasteiger partial charge in [0.05, 0.1) is 11.5 Å². The van der Waals surface area contributed by atoms with E-state index in [1.54, 1.807) is 45.0 Å². The Morgan fingerprint density at radius 2 is 1.59 bits per heavy atom. The van der Waals surface area contributed by atoms with Crippen LogP contribution >= 0.6 is 0 Å². The van der Waals surface area contributed by atoms with Crippen LogP contribution in [0.5, 0.6) is 0 Å². The van der Waals surface area contributed by atoms with Crippen molar-refractivity contribution in [3.63, 3.8) is 0 Å². The summed E-state index contributed by atoms with van der Waals surface area (Å²) in [6.07, 6.45) is -0.521. The molecular formula is C14H22O3. The first kappa shape index (κ1) is 15.7. The summed E-state index contributed by atoms with van der Waals surface area (Å²) in [5, 5.41) is 18.3. The van der Waals surface area contributed by atoms with E-state index in [9.17, 15) is 9.90 Å². The summed E-state index contributed by atoms with van der Waals surface area (Å²) in [5.74, 6) is -0.854. The Balaban J connectivity index is 0.00000121. The topological polar surface area (TPSA) is 57.5 Å². The monoisotopic (exact) mass is 238 g/mol. The number of carboxylic acid groups (broad SMARTS) is 1. The fourth-order valence-electron chi connectivity index (χ4n) is 1.30. The molecule has 1 atom stereocenters. The lowest BCUT2D eigenvalue weighted by Crippen LogP contribution is -2.28. The standard InChI is InChI=1S/C12H16O3.C2H6/c1-8(13)9-4-6-10(7-5-9)12(2,3)11(14)15;1-2/h4-8,13H,1-3H3,(H,14,15);1-2H3. The smallest absolute Gasteiger partial charge is 0.313 e. The largest absolute Gasteiger partial charge is 0.481 e. The van der Waals surface area contributed by atoms with Gasteiger partial charge < -0.3 is 10.2 Å². The molecule has 17 heavy (non-hydrogen) atoms. The van der Waals surface area contributed by atoms with Gasteiger partial charge in [0.25, 0.3) is 0 Å². The maximum absolute atomic E-state index is 11.0. The molecule has 1 unspecified atom stereocenters. The fraction of sp³-hybridized carbons (Fsp3) is 0.500. The van der Waals surface area contributed by atoms with Crippen LogP contribution in [-0.4, -0.2) is 16.2 Å². The van der Waals surface area contributed by atoms with E-state index in [4.69, 9.17) is 5.11 Å². The van der Waals surface area contributed by atoms with E-state index < -0.39 is 17.5 Å². The molecule has 0 fully saturated rings. The molecule has 0 bridgehead atoms. The van der Waals surface area contributed by atoms with Crippen LogP contribution in [0, 0.1) is 0 Å². The summed E-state index contributed by atoms with van der Waals surface area (Å²) in [7, 11) is 0. The minimum absolute atomic E-state index is 0.521. The van der Waals surface area contributed by atoms with Gasteiger partial charge >= 0.3 is 5.97 Å². The number of rotatable bonds is 3. The average Bonchev–Trinajstić information content (AvgIpc) is 2.31. The van der Waals surface area contributed by atoms with Gasteiger partial charge in [-0.15, -0.1) is 0 Å². The molecule has 0 aliphatic carbocycles. The van der Waals surface area contributed by atoms with E-state index in [-0.39, 0.29) is 0 Å². The Kier molecular flexibility index (Phi) is 5.89. The average molecular weight is 238 g/mol. The van der Waals surface area contributed by atoms with E-state index in [0.717, 1.165) is 11.1 Å². The Labute approximate surface area is 103 Å². The van der Waals surface area contributed by atoms with Crippen molar-refractivity contribution < 1.29 is 15.0 Å². The zero-order valence-corrected chi connectivity index (χ0v) is 11.2. The first-order valence-electron chi connectivity index (χ1n) is 5.87. The zero-order chi connectivity index (χ0) is 13.6. The van der Waals surface area contributed by atoms with Crippen molar-refractivity contribution in [1.82, 2.24) is 0 Å². The normalized spacial score (nSPS) is 12.4. The van der Waals surface area contributed by atoms with E-state index in [2.05, 4.69) is 0 Å². The molecule has 0 spiro atoms. The second-order valence-corrected chi connectivity index (χ2v) is 4.23. The van der Waals surface area contributed by atoms with Crippen molar-refractivity contribution in [3.8, 4) is 0 Å². The summed E-state index contributed by atoms with van der Waals surface area (Å²) >= 11 is 0. The van der Waals surface area contributed by atoms with Gasteiger partial charge in [-0.25, -0.2) is 0 Å². The summed E-state index contributed by atoms with van der Waals surface area (Å²) in [6, 6.07) is 7.00. The van der Waals surface area contributed by atoms with Crippen LogP contribution in [0.1, 0.15) is 51.8 Å². The van der Waals surface area contributed by atoms with E-state index >= 15 is 0 Å². The van der Waals surface area contributed by atoms with Crippen molar-refractivity contribution in [1.29, 1.82) is 0 Å². The third-order valence-corrected chi connectivity index (χ3v) is 2.65. The van der Waals surface area contributed by atoms with Crippen molar-refractivity contribution in [3.05, 3.63) is 35.4 Å². The van der Waals surface area contributed by atoms with Crippen molar-refractivity contribution >= 4 is 5.97 Å². The van der Waals surface area contributed by atoms with Gasteiger partial charge in [-0.3, -0.25) is 4.79 Å². The van der Waals surface area contributed by atoms with E-state index in [0.29, 0.717) is 0 Å². The molecule has 1 aromatic rings. The molecular weight excluding hydrogens is 216 g/mol. The van der Waals surface area contributed by atoms with Gasteiger partial charge in [-0.1, -0.05) is 38.1 Å². The number of carbonyl (C=O) groups is 1.